The Hall–Kier alpha value is -0.960. The van der Waals surface area contributed by atoms with Crippen LogP contribution >= 0.6 is 0 Å². The van der Waals surface area contributed by atoms with Crippen molar-refractivity contribution in [1.82, 2.24) is 19.8 Å². The number of nitrogens with zero attached hydrogens (tertiary/aromatic N) is 2. The lowest BCUT2D eigenvalue weighted by molar-refractivity contribution is 0.0752. The van der Waals surface area contributed by atoms with Crippen molar-refractivity contribution in [2.24, 2.45) is 0 Å². The molecule has 120 valence electrons. The lowest BCUT2D eigenvalue weighted by atomic mass is 10.3. The number of ether oxygens (including phenoxy) is 1. The van der Waals surface area contributed by atoms with Gasteiger partial charge in [0.15, 0.2) is 0 Å². The van der Waals surface area contributed by atoms with E-state index >= 15 is 0 Å². The first-order valence-corrected chi connectivity index (χ1v) is 8.77. The van der Waals surface area contributed by atoms with Crippen molar-refractivity contribution in [3.63, 3.8) is 0 Å². The molecule has 0 saturated carbocycles. The summed E-state index contributed by atoms with van der Waals surface area (Å²) in [5, 5.41) is 10.0. The molecule has 0 bridgehead atoms. The Bertz CT molecular complexity index is 570. The first kappa shape index (κ1) is 16.4. The number of aromatic nitrogens is 2. The van der Waals surface area contributed by atoms with Crippen molar-refractivity contribution in [1.29, 1.82) is 0 Å². The molecule has 1 fully saturated rings. The summed E-state index contributed by atoms with van der Waals surface area (Å²) in [6.07, 6.45) is 0.620. The van der Waals surface area contributed by atoms with E-state index in [1.165, 1.54) is 4.31 Å². The topological polar surface area (TPSA) is 87.3 Å². The minimum atomic E-state index is -3.55. The summed E-state index contributed by atoms with van der Waals surface area (Å²) in [6.45, 7) is 8.28. The quantitative estimate of drug-likeness (QED) is 0.832. The van der Waals surface area contributed by atoms with Gasteiger partial charge in [-0.15, -0.1) is 0 Å². The van der Waals surface area contributed by atoms with Crippen LogP contribution < -0.4 is 5.32 Å². The third-order valence-corrected chi connectivity index (χ3v) is 5.59. The molecule has 8 heteroatoms. The Kier molecular flexibility index (Phi) is 5.37. The fraction of sp³-hybridized carbons (Fsp3) is 0.769. The van der Waals surface area contributed by atoms with Gasteiger partial charge in [-0.3, -0.25) is 5.10 Å². The van der Waals surface area contributed by atoms with Gasteiger partial charge >= 0.3 is 0 Å². The molecule has 1 aromatic rings. The number of aryl methyl sites for hydroxylation is 1. The van der Waals surface area contributed by atoms with Crippen LogP contribution in [0.4, 0.5) is 0 Å². The van der Waals surface area contributed by atoms with E-state index in [1.54, 1.807) is 6.92 Å². The molecule has 0 radical (unpaired) electrons. The molecule has 1 unspecified atom stereocenters. The number of H-pyrrole nitrogens is 1. The monoisotopic (exact) mass is 316 g/mol. The number of nitrogens with one attached hydrogen (secondary N) is 2. The molecule has 1 aliphatic rings. The first-order valence-electron chi connectivity index (χ1n) is 7.33. The van der Waals surface area contributed by atoms with Crippen molar-refractivity contribution in [2.45, 2.75) is 44.7 Å². The second-order valence-electron chi connectivity index (χ2n) is 5.30. The van der Waals surface area contributed by atoms with Crippen molar-refractivity contribution >= 4 is 10.0 Å². The van der Waals surface area contributed by atoms with Crippen LogP contribution in [0.15, 0.2) is 4.90 Å². The smallest absolute Gasteiger partial charge is 0.246 e. The van der Waals surface area contributed by atoms with Gasteiger partial charge in [-0.25, -0.2) is 8.42 Å². The van der Waals surface area contributed by atoms with Gasteiger partial charge in [0.1, 0.15) is 4.90 Å². The summed E-state index contributed by atoms with van der Waals surface area (Å²) >= 11 is 0. The molecule has 1 atom stereocenters. The molecular formula is C13H24N4O3S. The van der Waals surface area contributed by atoms with Crippen molar-refractivity contribution in [3.8, 4) is 0 Å². The van der Waals surface area contributed by atoms with Gasteiger partial charge in [-0.2, -0.15) is 9.40 Å². The maximum absolute atomic E-state index is 12.9. The maximum Gasteiger partial charge on any atom is 0.246 e. The highest BCUT2D eigenvalue weighted by Gasteiger charge is 2.32. The first-order chi connectivity index (χ1) is 9.96. The summed E-state index contributed by atoms with van der Waals surface area (Å²) in [7, 11) is -3.55. The van der Waals surface area contributed by atoms with Crippen LogP contribution in [0.2, 0.25) is 0 Å². The minimum Gasteiger partial charge on any atom is -0.377 e. The summed E-state index contributed by atoms with van der Waals surface area (Å²) in [5.74, 6) is 0. The number of hydrogen-bond acceptors (Lipinski definition) is 5. The van der Waals surface area contributed by atoms with Crippen molar-refractivity contribution < 1.29 is 13.2 Å². The molecule has 0 amide bonds. The van der Waals surface area contributed by atoms with Crippen LogP contribution in [0, 0.1) is 6.92 Å². The number of rotatable bonds is 5. The van der Waals surface area contributed by atoms with E-state index in [4.69, 9.17) is 4.74 Å². The number of sulfonamides is 1. The second-order valence-corrected chi connectivity index (χ2v) is 7.18. The van der Waals surface area contributed by atoms with E-state index < -0.39 is 10.0 Å². The highest BCUT2D eigenvalue weighted by Crippen LogP contribution is 2.24. The van der Waals surface area contributed by atoms with Crippen LogP contribution in [-0.2, 0) is 21.3 Å². The van der Waals surface area contributed by atoms with Crippen molar-refractivity contribution in [2.75, 3.05) is 26.2 Å². The number of aromatic amines is 1. The summed E-state index contributed by atoms with van der Waals surface area (Å²) in [4.78, 5) is 0.303. The van der Waals surface area contributed by atoms with Crippen LogP contribution in [0.1, 0.15) is 31.7 Å². The molecule has 1 saturated heterocycles. The average Bonchev–Trinajstić information content (AvgIpc) is 2.66. The third kappa shape index (κ3) is 3.63. The van der Waals surface area contributed by atoms with E-state index in [2.05, 4.69) is 15.5 Å². The van der Waals surface area contributed by atoms with Gasteiger partial charge in [-0.1, -0.05) is 6.92 Å². The Morgan fingerprint density at radius 1 is 1.52 bits per heavy atom. The highest BCUT2D eigenvalue weighted by molar-refractivity contribution is 7.89. The average molecular weight is 316 g/mol. The normalized spacial score (nSPS) is 21.4. The predicted octanol–water partition coefficient (Wildman–Crippen LogP) is 0.627. The van der Waals surface area contributed by atoms with E-state index in [1.807, 2.05) is 13.8 Å². The lowest BCUT2D eigenvalue weighted by Gasteiger charge is -2.22. The molecule has 2 heterocycles. The zero-order chi connectivity index (χ0) is 15.5. The fourth-order valence-electron chi connectivity index (χ4n) is 2.48. The summed E-state index contributed by atoms with van der Waals surface area (Å²) < 4.78 is 32.9. The molecule has 21 heavy (non-hydrogen) atoms. The molecule has 2 N–H and O–H groups in total. The van der Waals surface area contributed by atoms with Gasteiger partial charge in [-0.05, 0) is 26.8 Å². The Morgan fingerprint density at radius 3 is 3.00 bits per heavy atom. The fourth-order valence-corrected chi connectivity index (χ4v) is 4.36. The molecule has 2 rings (SSSR count). The molecule has 1 aliphatic heterocycles. The molecule has 0 spiro atoms. The van der Waals surface area contributed by atoms with E-state index in [9.17, 15) is 8.42 Å². The predicted molar refractivity (Wildman–Crippen MR) is 79.5 cm³/mol. The Morgan fingerprint density at radius 2 is 2.29 bits per heavy atom. The van der Waals surface area contributed by atoms with Crippen LogP contribution in [-0.4, -0.2) is 55.3 Å². The van der Waals surface area contributed by atoms with Gasteiger partial charge in [0.25, 0.3) is 0 Å². The Labute approximate surface area is 126 Å². The third-order valence-electron chi connectivity index (χ3n) is 3.52. The number of hydrogen-bond donors (Lipinski definition) is 2. The minimum absolute atomic E-state index is 0.0910. The molecular weight excluding hydrogens is 292 g/mol. The van der Waals surface area contributed by atoms with Gasteiger partial charge in [0.05, 0.1) is 17.5 Å². The van der Waals surface area contributed by atoms with E-state index in [0.717, 1.165) is 6.54 Å². The van der Waals surface area contributed by atoms with Crippen molar-refractivity contribution in [3.05, 3.63) is 11.4 Å². The van der Waals surface area contributed by atoms with Crippen LogP contribution in [0.5, 0.6) is 0 Å². The SMILES string of the molecule is CCNCc1n[nH]c(C)c1S(=O)(=O)N1CCCOC(C)C1. The Balaban J connectivity index is 2.32. The van der Waals surface area contributed by atoms with Gasteiger partial charge in [0.2, 0.25) is 10.0 Å². The standard InChI is InChI=1S/C13H24N4O3S/c1-4-14-8-12-13(11(3)15-16-12)21(18,19)17-6-5-7-20-10(2)9-17/h10,14H,4-9H2,1-3H3,(H,15,16). The molecule has 7 nitrogen and oxygen atoms in total. The zero-order valence-corrected chi connectivity index (χ0v) is 13.7. The molecule has 1 aromatic heterocycles. The maximum atomic E-state index is 12.9. The second kappa shape index (κ2) is 6.87. The highest BCUT2D eigenvalue weighted by atomic mass is 32.2. The van der Waals surface area contributed by atoms with Crippen LogP contribution in [0.25, 0.3) is 0 Å². The molecule has 0 aliphatic carbocycles. The molecule has 0 aromatic carbocycles. The van der Waals surface area contributed by atoms with Crippen LogP contribution in [0.3, 0.4) is 0 Å². The summed E-state index contributed by atoms with van der Waals surface area (Å²) in [5.41, 5.74) is 1.13. The lowest BCUT2D eigenvalue weighted by Crippen LogP contribution is -2.36. The largest absolute Gasteiger partial charge is 0.377 e. The van der Waals surface area contributed by atoms with Gasteiger partial charge in [0, 0.05) is 26.2 Å². The van der Waals surface area contributed by atoms with E-state index in [0.29, 0.717) is 48.9 Å². The zero-order valence-electron chi connectivity index (χ0n) is 12.8. The summed E-state index contributed by atoms with van der Waals surface area (Å²) in [6, 6.07) is 0. The van der Waals surface area contributed by atoms with E-state index in [-0.39, 0.29) is 6.10 Å². The van der Waals surface area contributed by atoms with Gasteiger partial charge < -0.3 is 10.1 Å².